The van der Waals surface area contributed by atoms with E-state index >= 15 is 0 Å². The summed E-state index contributed by atoms with van der Waals surface area (Å²) in [5.41, 5.74) is 6.50. The molecule has 6 rings (SSSR count). The fourth-order valence-electron chi connectivity index (χ4n) is 5.28. The predicted octanol–water partition coefficient (Wildman–Crippen LogP) is 6.91. The molecule has 2 aromatic heterocycles. The standard InChI is InChI=1S/C35H34N4O4S2/c1-22-31(21-44-35-39-38-23(2)45-35)42-34(43-32(22)27-10-8-24(20-40)9-11-27)28-14-12-26(13-15-28)29-6-3-5-25(17-29)18-37-33(41)30-7-4-16-36-19-30/h3-17,19,22,31-32,34,40H,18,20-21H2,1-2H3,(H,37,41)/t22-,31+,32+,34+/m1/s1. The molecule has 0 saturated carbocycles. The van der Waals surface area contributed by atoms with Crippen LogP contribution in [0.5, 0.6) is 0 Å². The number of benzene rings is 3. The van der Waals surface area contributed by atoms with Gasteiger partial charge >= 0.3 is 0 Å². The van der Waals surface area contributed by atoms with E-state index in [0.717, 1.165) is 48.5 Å². The highest BCUT2D eigenvalue weighted by Gasteiger charge is 2.38. The lowest BCUT2D eigenvalue weighted by Crippen LogP contribution is -2.38. The Morgan fingerprint density at radius 1 is 0.933 bits per heavy atom. The molecule has 1 aliphatic rings. The van der Waals surface area contributed by atoms with Gasteiger partial charge in [-0.05, 0) is 52.9 Å². The summed E-state index contributed by atoms with van der Waals surface area (Å²) in [6.45, 7) is 4.53. The fourth-order valence-corrected chi connectivity index (χ4v) is 7.28. The van der Waals surface area contributed by atoms with Crippen molar-refractivity contribution in [2.75, 3.05) is 5.75 Å². The number of thioether (sulfide) groups is 1. The van der Waals surface area contributed by atoms with Crippen LogP contribution in [0, 0.1) is 12.8 Å². The summed E-state index contributed by atoms with van der Waals surface area (Å²) in [6.07, 6.45) is 2.39. The molecule has 0 unspecified atom stereocenters. The van der Waals surface area contributed by atoms with Gasteiger partial charge < -0.3 is 19.9 Å². The van der Waals surface area contributed by atoms with Crippen LogP contribution in [0.1, 0.15) is 56.9 Å². The number of pyridine rings is 1. The molecule has 1 fully saturated rings. The molecule has 4 atom stereocenters. The van der Waals surface area contributed by atoms with E-state index in [-0.39, 0.29) is 30.6 Å². The van der Waals surface area contributed by atoms with Crippen LogP contribution < -0.4 is 5.32 Å². The van der Waals surface area contributed by atoms with Gasteiger partial charge in [0.25, 0.3) is 5.91 Å². The van der Waals surface area contributed by atoms with Crippen molar-refractivity contribution in [3.8, 4) is 11.1 Å². The number of carbonyl (C=O) groups is 1. The Hall–Kier alpha value is -3.93. The zero-order valence-corrected chi connectivity index (χ0v) is 26.6. The van der Waals surface area contributed by atoms with E-state index in [1.807, 2.05) is 43.3 Å². The number of hydrogen-bond donors (Lipinski definition) is 2. The average Bonchev–Trinajstić information content (AvgIpc) is 3.52. The summed E-state index contributed by atoms with van der Waals surface area (Å²) in [7, 11) is 0. The third-order valence-electron chi connectivity index (χ3n) is 7.82. The lowest BCUT2D eigenvalue weighted by Gasteiger charge is -2.41. The number of aromatic nitrogens is 3. The number of aliphatic hydroxyl groups is 1. The minimum Gasteiger partial charge on any atom is -0.392 e. The summed E-state index contributed by atoms with van der Waals surface area (Å²) in [5, 5.41) is 21.9. The lowest BCUT2D eigenvalue weighted by atomic mass is 9.91. The highest BCUT2D eigenvalue weighted by atomic mass is 32.2. The Kier molecular flexibility index (Phi) is 9.97. The molecular weight excluding hydrogens is 605 g/mol. The van der Waals surface area contributed by atoms with Crippen molar-refractivity contribution >= 4 is 29.0 Å². The number of rotatable bonds is 10. The van der Waals surface area contributed by atoms with Crippen molar-refractivity contribution in [1.82, 2.24) is 20.5 Å². The largest absolute Gasteiger partial charge is 0.392 e. The van der Waals surface area contributed by atoms with Crippen molar-refractivity contribution in [3.63, 3.8) is 0 Å². The van der Waals surface area contributed by atoms with Gasteiger partial charge in [-0.15, -0.1) is 10.2 Å². The minimum atomic E-state index is -0.548. The Morgan fingerprint density at radius 2 is 1.73 bits per heavy atom. The quantitative estimate of drug-likeness (QED) is 0.159. The Balaban J connectivity index is 1.18. The van der Waals surface area contributed by atoms with E-state index in [9.17, 15) is 9.90 Å². The monoisotopic (exact) mass is 638 g/mol. The first-order chi connectivity index (χ1) is 22.0. The van der Waals surface area contributed by atoms with Crippen LogP contribution in [0.25, 0.3) is 11.1 Å². The van der Waals surface area contributed by atoms with Gasteiger partial charge in [0, 0.05) is 36.2 Å². The Labute approximate surface area is 270 Å². The van der Waals surface area contributed by atoms with Crippen LogP contribution in [0.4, 0.5) is 0 Å². The van der Waals surface area contributed by atoms with Crippen molar-refractivity contribution in [2.45, 2.75) is 49.8 Å². The first-order valence-corrected chi connectivity index (χ1v) is 16.6. The average molecular weight is 639 g/mol. The number of ether oxygens (including phenoxy) is 2. The number of nitrogens with zero attached hydrogens (tertiary/aromatic N) is 3. The summed E-state index contributed by atoms with van der Waals surface area (Å²) in [6, 6.07) is 27.8. The Bertz CT molecular complexity index is 1710. The molecule has 1 aliphatic heterocycles. The van der Waals surface area contributed by atoms with Gasteiger partial charge in [-0.3, -0.25) is 9.78 Å². The summed E-state index contributed by atoms with van der Waals surface area (Å²) in [5.74, 6) is 0.657. The van der Waals surface area contributed by atoms with Gasteiger partial charge in [0.15, 0.2) is 10.6 Å². The zero-order chi connectivity index (χ0) is 31.2. The topological polar surface area (TPSA) is 106 Å². The van der Waals surface area contributed by atoms with Crippen molar-refractivity contribution in [3.05, 3.63) is 130 Å². The van der Waals surface area contributed by atoms with Crippen LogP contribution in [0.3, 0.4) is 0 Å². The zero-order valence-electron chi connectivity index (χ0n) is 25.0. The maximum absolute atomic E-state index is 12.5. The molecule has 0 radical (unpaired) electrons. The van der Waals surface area contributed by atoms with Crippen LogP contribution in [-0.4, -0.2) is 38.1 Å². The van der Waals surface area contributed by atoms with Crippen LogP contribution in [0.15, 0.2) is 102 Å². The van der Waals surface area contributed by atoms with Crippen molar-refractivity contribution in [2.24, 2.45) is 5.92 Å². The van der Waals surface area contributed by atoms with E-state index in [4.69, 9.17) is 9.47 Å². The summed E-state index contributed by atoms with van der Waals surface area (Å²) >= 11 is 3.25. The highest BCUT2D eigenvalue weighted by molar-refractivity contribution is 8.01. The second-order valence-electron chi connectivity index (χ2n) is 11.0. The van der Waals surface area contributed by atoms with E-state index in [0.29, 0.717) is 12.1 Å². The number of aliphatic hydroxyl groups excluding tert-OH is 1. The number of aryl methyl sites for hydroxylation is 1. The third kappa shape index (κ3) is 7.66. The van der Waals surface area contributed by atoms with E-state index in [1.54, 1.807) is 47.6 Å². The molecule has 0 aliphatic carbocycles. The molecule has 8 nitrogen and oxygen atoms in total. The van der Waals surface area contributed by atoms with Crippen LogP contribution >= 0.6 is 23.1 Å². The summed E-state index contributed by atoms with van der Waals surface area (Å²) in [4.78, 5) is 16.5. The van der Waals surface area contributed by atoms with Gasteiger partial charge in [0.2, 0.25) is 0 Å². The molecule has 45 heavy (non-hydrogen) atoms. The minimum absolute atomic E-state index is 0.00290. The number of hydrogen-bond acceptors (Lipinski definition) is 9. The van der Waals surface area contributed by atoms with Gasteiger partial charge in [-0.2, -0.15) is 0 Å². The third-order valence-corrected chi connectivity index (χ3v) is 9.88. The normalized spacial score (nSPS) is 19.7. The molecule has 0 spiro atoms. The van der Waals surface area contributed by atoms with Gasteiger partial charge in [0.05, 0.1) is 24.4 Å². The molecular formula is C35H34N4O4S2. The van der Waals surface area contributed by atoms with Gasteiger partial charge in [0.1, 0.15) is 5.01 Å². The molecule has 1 saturated heterocycles. The van der Waals surface area contributed by atoms with Crippen LogP contribution in [-0.2, 0) is 22.6 Å². The van der Waals surface area contributed by atoms with Gasteiger partial charge in [-0.1, -0.05) is 96.8 Å². The summed E-state index contributed by atoms with van der Waals surface area (Å²) < 4.78 is 14.1. The van der Waals surface area contributed by atoms with E-state index in [2.05, 4.69) is 63.8 Å². The first-order valence-electron chi connectivity index (χ1n) is 14.8. The lowest BCUT2D eigenvalue weighted by molar-refractivity contribution is -0.268. The molecule has 3 aromatic carbocycles. The molecule has 1 amide bonds. The number of amides is 1. The van der Waals surface area contributed by atoms with E-state index < -0.39 is 6.29 Å². The number of nitrogens with one attached hydrogen (secondary N) is 1. The van der Waals surface area contributed by atoms with E-state index in [1.165, 1.54) is 0 Å². The second kappa shape index (κ2) is 14.4. The van der Waals surface area contributed by atoms with Crippen molar-refractivity contribution < 1.29 is 19.4 Å². The highest BCUT2D eigenvalue weighted by Crippen LogP contribution is 2.43. The van der Waals surface area contributed by atoms with Gasteiger partial charge in [-0.25, -0.2) is 0 Å². The predicted molar refractivity (Wildman–Crippen MR) is 176 cm³/mol. The fraction of sp³-hybridized carbons (Fsp3) is 0.257. The van der Waals surface area contributed by atoms with Crippen LogP contribution in [0.2, 0.25) is 0 Å². The SMILES string of the molecule is Cc1nnc(SC[C@@H]2O[C@H](c3ccc(-c4cccc(CNC(=O)c5cccnc5)c4)cc3)O[C@H](c3ccc(CO)cc3)[C@@H]2C)s1. The molecule has 5 aromatic rings. The number of carbonyl (C=O) groups excluding carboxylic acids is 1. The molecule has 0 bridgehead atoms. The first kappa shape index (κ1) is 31.1. The molecule has 2 N–H and O–H groups in total. The van der Waals surface area contributed by atoms with Crippen molar-refractivity contribution in [1.29, 1.82) is 0 Å². The Morgan fingerprint density at radius 3 is 2.44 bits per heavy atom. The maximum Gasteiger partial charge on any atom is 0.253 e. The molecule has 230 valence electrons. The maximum atomic E-state index is 12.5. The second-order valence-corrected chi connectivity index (χ2v) is 13.4. The molecule has 10 heteroatoms. The smallest absolute Gasteiger partial charge is 0.253 e. The molecule has 3 heterocycles.